The average molecular weight is 367 g/mol. The van der Waals surface area contributed by atoms with E-state index in [1.165, 1.54) is 16.7 Å². The van der Waals surface area contributed by atoms with E-state index in [-0.39, 0.29) is 29.4 Å². The summed E-state index contributed by atoms with van der Waals surface area (Å²) < 4.78 is 14.7. The van der Waals surface area contributed by atoms with E-state index in [1.54, 1.807) is 0 Å². The number of carbonyl (C=O) groups is 1. The van der Waals surface area contributed by atoms with Crippen LogP contribution in [0.4, 0.5) is 4.39 Å². The third-order valence-electron chi connectivity index (χ3n) is 5.62. The zero-order valence-corrected chi connectivity index (χ0v) is 15.0. The number of amides is 1. The molecular weight excluding hydrogens is 345 g/mol. The first-order valence-corrected chi connectivity index (χ1v) is 9.28. The highest BCUT2D eigenvalue weighted by Gasteiger charge is 2.35. The molecule has 0 aliphatic heterocycles. The normalized spacial score (nSPS) is 15.9. The van der Waals surface area contributed by atoms with Crippen molar-refractivity contribution in [3.05, 3.63) is 70.4 Å². The van der Waals surface area contributed by atoms with Gasteiger partial charge in [0.2, 0.25) is 5.91 Å². The van der Waals surface area contributed by atoms with E-state index in [0.29, 0.717) is 17.6 Å². The van der Waals surface area contributed by atoms with Gasteiger partial charge in [-0.15, -0.1) is 0 Å². The van der Waals surface area contributed by atoms with Gasteiger partial charge in [-0.05, 0) is 42.7 Å². The van der Waals surface area contributed by atoms with Crippen molar-refractivity contribution in [2.24, 2.45) is 0 Å². The molecule has 27 heavy (non-hydrogen) atoms. The molecule has 0 bridgehead atoms. The molecule has 1 aromatic heterocycles. The van der Waals surface area contributed by atoms with Crippen molar-refractivity contribution in [1.82, 2.24) is 14.9 Å². The number of aromatic nitrogens is 2. The molecule has 4 rings (SSSR count). The Morgan fingerprint density at radius 2 is 1.81 bits per heavy atom. The van der Waals surface area contributed by atoms with Crippen LogP contribution in [0.25, 0.3) is 11.0 Å². The van der Waals surface area contributed by atoms with Crippen LogP contribution in [0.5, 0.6) is 0 Å². The van der Waals surface area contributed by atoms with Gasteiger partial charge in [-0.3, -0.25) is 9.36 Å². The van der Waals surface area contributed by atoms with E-state index in [4.69, 9.17) is 0 Å². The summed E-state index contributed by atoms with van der Waals surface area (Å²) in [5.41, 5.74) is 2.04. The van der Waals surface area contributed by atoms with Crippen molar-refractivity contribution in [2.45, 2.75) is 37.6 Å². The number of carbonyl (C=O) groups excluding carboxylic acids is 1. The Kier molecular flexibility index (Phi) is 4.56. The van der Waals surface area contributed by atoms with E-state index in [0.717, 1.165) is 31.2 Å². The summed E-state index contributed by atoms with van der Waals surface area (Å²) in [7, 11) is 0. The number of fused-ring (bicyclic) bond motifs is 1. The van der Waals surface area contributed by atoms with Crippen LogP contribution >= 0.6 is 0 Å². The van der Waals surface area contributed by atoms with Crippen molar-refractivity contribution in [1.29, 1.82) is 0 Å². The van der Waals surface area contributed by atoms with Crippen LogP contribution in [0.1, 0.15) is 31.2 Å². The summed E-state index contributed by atoms with van der Waals surface area (Å²) >= 11 is 0. The molecule has 1 heterocycles. The molecule has 2 aromatic carbocycles. The quantitative estimate of drug-likeness (QED) is 0.728. The van der Waals surface area contributed by atoms with Gasteiger partial charge in [-0.25, -0.2) is 9.18 Å². The second-order valence-electron chi connectivity index (χ2n) is 7.30. The lowest BCUT2D eigenvalue weighted by Gasteiger charge is -2.30. The Labute approximate surface area is 156 Å². The number of benzene rings is 2. The predicted octanol–water partition coefficient (Wildman–Crippen LogP) is 3.10. The number of H-pyrrole nitrogens is 1. The fourth-order valence-electron chi connectivity index (χ4n) is 4.15. The molecule has 1 aliphatic carbocycles. The number of hydrogen-bond donors (Lipinski definition) is 2. The second kappa shape index (κ2) is 7.02. The summed E-state index contributed by atoms with van der Waals surface area (Å²) in [6, 6.07) is 13.9. The zero-order valence-electron chi connectivity index (χ0n) is 15.0. The number of imidazole rings is 1. The number of nitrogens with one attached hydrogen (secondary N) is 2. The fraction of sp³-hybridized carbons (Fsp3) is 0.333. The molecule has 140 valence electrons. The van der Waals surface area contributed by atoms with E-state index in [2.05, 4.69) is 10.3 Å². The topological polar surface area (TPSA) is 66.9 Å². The third-order valence-corrected chi connectivity index (χ3v) is 5.62. The molecule has 1 aliphatic rings. The molecule has 0 saturated heterocycles. The molecule has 1 amide bonds. The van der Waals surface area contributed by atoms with Crippen LogP contribution in [-0.4, -0.2) is 22.0 Å². The number of nitrogens with zero attached hydrogens (tertiary/aromatic N) is 1. The van der Waals surface area contributed by atoms with Gasteiger partial charge in [0.05, 0.1) is 11.0 Å². The highest BCUT2D eigenvalue weighted by Crippen LogP contribution is 2.40. The maximum absolute atomic E-state index is 13.3. The summed E-state index contributed by atoms with van der Waals surface area (Å²) in [6.07, 6.45) is 4.11. The van der Waals surface area contributed by atoms with Gasteiger partial charge < -0.3 is 10.3 Å². The summed E-state index contributed by atoms with van der Waals surface area (Å²) in [5.74, 6) is -0.454. The van der Waals surface area contributed by atoms with Gasteiger partial charge >= 0.3 is 5.69 Å². The maximum Gasteiger partial charge on any atom is 0.326 e. The molecule has 3 aromatic rings. The minimum atomic E-state index is -0.291. The van der Waals surface area contributed by atoms with E-state index >= 15 is 0 Å². The lowest BCUT2D eigenvalue weighted by atomic mass is 9.79. The van der Waals surface area contributed by atoms with Crippen molar-refractivity contribution in [3.63, 3.8) is 0 Å². The molecule has 0 radical (unpaired) electrons. The molecule has 0 atom stereocenters. The van der Waals surface area contributed by atoms with Crippen LogP contribution in [-0.2, 0) is 16.8 Å². The van der Waals surface area contributed by atoms with Crippen molar-refractivity contribution in [2.75, 3.05) is 6.54 Å². The Bertz CT molecular complexity index is 1010. The van der Waals surface area contributed by atoms with Gasteiger partial charge in [0, 0.05) is 12.0 Å². The Hall–Kier alpha value is -2.89. The maximum atomic E-state index is 13.3. The molecule has 2 N–H and O–H groups in total. The molecule has 0 spiro atoms. The number of rotatable bonds is 5. The number of para-hydroxylation sites is 2. The first-order valence-electron chi connectivity index (χ1n) is 9.28. The minimum absolute atomic E-state index is 0.0255. The number of aromatic amines is 1. The summed E-state index contributed by atoms with van der Waals surface area (Å²) in [5, 5.41) is 3.00. The SMILES string of the molecule is O=C(Cn1c(=O)[nH]c2ccccc21)NCC1(c2ccc(F)cc2)CCCC1. The standard InChI is InChI=1S/C21H22FN3O2/c22-16-9-7-15(8-10-16)21(11-3-4-12-21)14-23-19(26)13-25-18-6-2-1-5-17(18)24-20(25)27/h1-2,5-10H,3-4,11-14H2,(H,23,26)(H,24,27). The first kappa shape index (κ1) is 17.5. The van der Waals surface area contributed by atoms with E-state index in [9.17, 15) is 14.0 Å². The highest BCUT2D eigenvalue weighted by atomic mass is 19.1. The number of hydrogen-bond acceptors (Lipinski definition) is 2. The van der Waals surface area contributed by atoms with Gasteiger partial charge in [-0.2, -0.15) is 0 Å². The molecule has 0 unspecified atom stereocenters. The fourth-order valence-corrected chi connectivity index (χ4v) is 4.15. The smallest absolute Gasteiger partial charge is 0.326 e. The van der Waals surface area contributed by atoms with E-state index < -0.39 is 0 Å². The van der Waals surface area contributed by atoms with Gasteiger partial charge in [-0.1, -0.05) is 37.1 Å². The van der Waals surface area contributed by atoms with Crippen LogP contribution in [0.2, 0.25) is 0 Å². The van der Waals surface area contributed by atoms with Crippen molar-refractivity contribution in [3.8, 4) is 0 Å². The van der Waals surface area contributed by atoms with Crippen LogP contribution in [0, 0.1) is 5.82 Å². The molecular formula is C21H22FN3O2. The minimum Gasteiger partial charge on any atom is -0.354 e. The van der Waals surface area contributed by atoms with E-state index in [1.807, 2.05) is 36.4 Å². The zero-order chi connectivity index (χ0) is 18.9. The average Bonchev–Trinajstić information content (AvgIpc) is 3.27. The lowest BCUT2D eigenvalue weighted by molar-refractivity contribution is -0.121. The summed E-state index contributed by atoms with van der Waals surface area (Å²) in [6.45, 7) is 0.469. The molecule has 6 heteroatoms. The second-order valence-corrected chi connectivity index (χ2v) is 7.30. The predicted molar refractivity (Wildman–Crippen MR) is 102 cm³/mol. The highest BCUT2D eigenvalue weighted by molar-refractivity contribution is 5.80. The largest absolute Gasteiger partial charge is 0.354 e. The van der Waals surface area contributed by atoms with Gasteiger partial charge in [0.15, 0.2) is 0 Å². The summed E-state index contributed by atoms with van der Waals surface area (Å²) in [4.78, 5) is 27.4. The van der Waals surface area contributed by atoms with Crippen molar-refractivity contribution >= 4 is 16.9 Å². The molecule has 1 fully saturated rings. The van der Waals surface area contributed by atoms with Crippen LogP contribution < -0.4 is 11.0 Å². The number of halogens is 1. The van der Waals surface area contributed by atoms with Gasteiger partial charge in [0.1, 0.15) is 12.4 Å². The Balaban J connectivity index is 1.49. The third kappa shape index (κ3) is 3.39. The Morgan fingerprint density at radius 3 is 2.56 bits per heavy atom. The van der Waals surface area contributed by atoms with Gasteiger partial charge in [0.25, 0.3) is 0 Å². The lowest BCUT2D eigenvalue weighted by Crippen LogP contribution is -2.41. The van der Waals surface area contributed by atoms with Crippen LogP contribution in [0.3, 0.4) is 0 Å². The monoisotopic (exact) mass is 367 g/mol. The van der Waals surface area contributed by atoms with Crippen LogP contribution in [0.15, 0.2) is 53.3 Å². The van der Waals surface area contributed by atoms with Crippen molar-refractivity contribution < 1.29 is 9.18 Å². The molecule has 1 saturated carbocycles. The Morgan fingerprint density at radius 1 is 1.11 bits per heavy atom. The molecule has 5 nitrogen and oxygen atoms in total. The first-order chi connectivity index (χ1) is 13.1.